The number of benzene rings is 4. The molecule has 0 aliphatic carbocycles. The number of nitrogens with one attached hydrogen (secondary N) is 2. The Morgan fingerprint density at radius 2 is 0.518 bits per heavy atom. The van der Waals surface area contributed by atoms with E-state index in [0.29, 0.717) is 22.3 Å². The van der Waals surface area contributed by atoms with Crippen LogP contribution in [0.4, 0.5) is 0 Å². The van der Waals surface area contributed by atoms with Crippen molar-refractivity contribution in [1.29, 1.82) is 21.0 Å². The Kier molecular flexibility index (Phi) is 8.19. The van der Waals surface area contributed by atoms with Crippen molar-refractivity contribution in [3.8, 4) is 68.8 Å². The molecular weight excluding hydrogens is 689 g/mol. The smallest absolute Gasteiger partial charge is 0.0991 e. The van der Waals surface area contributed by atoms with E-state index in [9.17, 15) is 21.0 Å². The van der Waals surface area contributed by atoms with Gasteiger partial charge in [-0.15, -0.1) is 0 Å². The summed E-state index contributed by atoms with van der Waals surface area (Å²) in [5.74, 6) is 0. The SMILES string of the molecule is N#Cc1ccc(-c2c3nc(c(-c4ccc(C#N)cc4)c4ccc([nH]4)c(-c4ccc(C#N)cc4)c4nc(c(-c5ccc(C#N)cc5)c5ccc2[nH]5)C=C4)C=C3)cc1. The molecule has 2 aliphatic rings. The molecule has 8 heteroatoms. The maximum atomic E-state index is 9.58. The van der Waals surface area contributed by atoms with Crippen LogP contribution in [0.3, 0.4) is 0 Å². The van der Waals surface area contributed by atoms with Crippen LogP contribution in [0.15, 0.2) is 121 Å². The number of hydrogen-bond acceptors (Lipinski definition) is 6. The van der Waals surface area contributed by atoms with Gasteiger partial charge >= 0.3 is 0 Å². The number of aromatic amines is 2. The Morgan fingerprint density at radius 3 is 0.714 bits per heavy atom. The molecule has 2 N–H and O–H groups in total. The molecule has 0 amide bonds. The van der Waals surface area contributed by atoms with Crippen molar-refractivity contribution in [2.45, 2.75) is 0 Å². The monoisotopic (exact) mass is 714 g/mol. The van der Waals surface area contributed by atoms with E-state index in [0.717, 1.165) is 89.4 Å². The number of nitrogens with zero attached hydrogens (tertiary/aromatic N) is 6. The lowest BCUT2D eigenvalue weighted by molar-refractivity contribution is 1.31. The normalized spacial score (nSPS) is 11.4. The van der Waals surface area contributed by atoms with Crippen LogP contribution in [0.2, 0.25) is 0 Å². The van der Waals surface area contributed by atoms with Gasteiger partial charge in [-0.3, -0.25) is 0 Å². The third-order valence-corrected chi connectivity index (χ3v) is 9.96. The number of hydrogen-bond donors (Lipinski definition) is 2. The molecule has 2 aliphatic heterocycles. The lowest BCUT2D eigenvalue weighted by atomic mass is 10.0. The molecule has 5 heterocycles. The number of nitriles is 4. The van der Waals surface area contributed by atoms with Crippen molar-refractivity contribution in [1.82, 2.24) is 19.9 Å². The van der Waals surface area contributed by atoms with Gasteiger partial charge in [0.05, 0.1) is 69.3 Å². The Labute approximate surface area is 321 Å². The molecular formula is C48H26N8. The largest absolute Gasteiger partial charge is 0.354 e. The molecule has 0 spiro atoms. The van der Waals surface area contributed by atoms with Gasteiger partial charge in [0.25, 0.3) is 0 Å². The second-order valence-corrected chi connectivity index (χ2v) is 13.3. The van der Waals surface area contributed by atoms with Crippen LogP contribution in [0, 0.1) is 45.3 Å². The minimum absolute atomic E-state index is 0.552. The molecule has 0 fully saturated rings. The summed E-state index contributed by atoms with van der Waals surface area (Å²) < 4.78 is 0. The average Bonchev–Trinajstić information content (AvgIpc) is 4.10. The van der Waals surface area contributed by atoms with Crippen molar-refractivity contribution in [3.63, 3.8) is 0 Å². The first kappa shape index (κ1) is 33.3. The zero-order valence-electron chi connectivity index (χ0n) is 29.5. The molecule has 0 saturated carbocycles. The maximum absolute atomic E-state index is 9.58. The first-order chi connectivity index (χ1) is 27.5. The fraction of sp³-hybridized carbons (Fsp3) is 0. The predicted octanol–water partition coefficient (Wildman–Crippen LogP) is 10.8. The van der Waals surface area contributed by atoms with Gasteiger partial charge in [-0.05, 0) is 119 Å². The summed E-state index contributed by atoms with van der Waals surface area (Å²) in [6.07, 6.45) is 8.00. The van der Waals surface area contributed by atoms with Gasteiger partial charge in [0.2, 0.25) is 0 Å². The number of rotatable bonds is 4. The fourth-order valence-corrected chi connectivity index (χ4v) is 7.27. The van der Waals surface area contributed by atoms with Gasteiger partial charge in [0.15, 0.2) is 0 Å². The highest BCUT2D eigenvalue weighted by molar-refractivity contribution is 6.00. The molecule has 0 saturated heterocycles. The van der Waals surface area contributed by atoms with Crippen LogP contribution in [-0.4, -0.2) is 19.9 Å². The van der Waals surface area contributed by atoms with Crippen molar-refractivity contribution >= 4 is 46.4 Å². The summed E-state index contributed by atoms with van der Waals surface area (Å²) in [5.41, 5.74) is 15.2. The molecule has 4 aromatic carbocycles. The lowest BCUT2D eigenvalue weighted by Crippen LogP contribution is -1.90. The summed E-state index contributed by atoms with van der Waals surface area (Å²) in [5, 5.41) is 38.3. The van der Waals surface area contributed by atoms with Gasteiger partial charge in [-0.25, -0.2) is 9.97 Å². The van der Waals surface area contributed by atoms with E-state index in [2.05, 4.69) is 34.2 Å². The topological polar surface area (TPSA) is 153 Å². The van der Waals surface area contributed by atoms with Crippen molar-refractivity contribution in [2.24, 2.45) is 0 Å². The summed E-state index contributed by atoms with van der Waals surface area (Å²) in [7, 11) is 0. The highest BCUT2D eigenvalue weighted by Gasteiger charge is 2.19. The Bertz CT molecular complexity index is 2710. The summed E-state index contributed by atoms with van der Waals surface area (Å²) in [6.45, 7) is 0. The maximum Gasteiger partial charge on any atom is 0.0991 e. The highest BCUT2D eigenvalue weighted by Crippen LogP contribution is 2.38. The lowest BCUT2D eigenvalue weighted by Gasteiger charge is -2.07. The zero-order chi connectivity index (χ0) is 38.2. The molecule has 8 bridgehead atoms. The molecule has 3 aromatic heterocycles. The minimum Gasteiger partial charge on any atom is -0.354 e. The Balaban J connectivity index is 1.45. The summed E-state index contributed by atoms with van der Waals surface area (Å²) >= 11 is 0. The van der Waals surface area contributed by atoms with E-state index in [-0.39, 0.29) is 0 Å². The number of H-pyrrole nitrogens is 2. The van der Waals surface area contributed by atoms with E-state index >= 15 is 0 Å². The standard InChI is InChI=1S/C48H26N8/c49-25-29-1-9-33(10-2-29)45-37-17-19-39(53-37)46(34-11-3-30(26-50)4-12-34)41-21-23-43(55-41)48(36-15-7-32(28-52)8-16-36)44-24-22-42(56-44)47(40-20-18-38(45)54-40)35-13-5-31(27-51)6-14-35/h1-24,53,56H. The fourth-order valence-electron chi connectivity index (χ4n) is 7.27. The number of fused-ring (bicyclic) bond motifs is 8. The summed E-state index contributed by atoms with van der Waals surface area (Å²) in [4.78, 5) is 17.9. The second kappa shape index (κ2) is 13.8. The molecule has 9 rings (SSSR count). The van der Waals surface area contributed by atoms with Gasteiger partial charge in [-0.2, -0.15) is 21.0 Å². The molecule has 7 aromatic rings. The number of aromatic nitrogens is 4. The Morgan fingerprint density at radius 1 is 0.304 bits per heavy atom. The minimum atomic E-state index is 0.552. The van der Waals surface area contributed by atoms with Gasteiger partial charge < -0.3 is 9.97 Å². The first-order valence-electron chi connectivity index (χ1n) is 17.7. The van der Waals surface area contributed by atoms with Gasteiger partial charge in [-0.1, -0.05) is 48.5 Å². The van der Waals surface area contributed by atoms with Gasteiger partial charge in [0, 0.05) is 44.3 Å². The molecule has 0 atom stereocenters. The highest BCUT2D eigenvalue weighted by atomic mass is 14.8. The third kappa shape index (κ3) is 5.89. The van der Waals surface area contributed by atoms with E-state index < -0.39 is 0 Å². The second-order valence-electron chi connectivity index (χ2n) is 13.3. The van der Waals surface area contributed by atoms with Crippen LogP contribution in [0.5, 0.6) is 0 Å². The predicted molar refractivity (Wildman–Crippen MR) is 219 cm³/mol. The van der Waals surface area contributed by atoms with Crippen LogP contribution in [-0.2, 0) is 0 Å². The van der Waals surface area contributed by atoms with Crippen molar-refractivity contribution < 1.29 is 0 Å². The van der Waals surface area contributed by atoms with Crippen LogP contribution in [0.25, 0.3) is 90.9 Å². The zero-order valence-corrected chi connectivity index (χ0v) is 29.5. The van der Waals surface area contributed by atoms with Crippen LogP contribution in [0.1, 0.15) is 45.0 Å². The van der Waals surface area contributed by atoms with E-state index in [4.69, 9.17) is 9.97 Å². The van der Waals surface area contributed by atoms with E-state index in [1.807, 2.05) is 97.1 Å². The Hall–Kier alpha value is -8.56. The third-order valence-electron chi connectivity index (χ3n) is 9.96. The van der Waals surface area contributed by atoms with Crippen molar-refractivity contribution in [2.75, 3.05) is 0 Å². The van der Waals surface area contributed by atoms with E-state index in [1.54, 1.807) is 48.5 Å². The molecule has 8 nitrogen and oxygen atoms in total. The van der Waals surface area contributed by atoms with Crippen LogP contribution < -0.4 is 0 Å². The van der Waals surface area contributed by atoms with Gasteiger partial charge in [0.1, 0.15) is 0 Å². The molecule has 56 heavy (non-hydrogen) atoms. The van der Waals surface area contributed by atoms with Crippen LogP contribution >= 0.6 is 0 Å². The first-order valence-corrected chi connectivity index (χ1v) is 17.7. The summed E-state index contributed by atoms with van der Waals surface area (Å²) in [6, 6.07) is 46.8. The van der Waals surface area contributed by atoms with E-state index in [1.165, 1.54) is 0 Å². The quantitative estimate of drug-likeness (QED) is 0.185. The van der Waals surface area contributed by atoms with Crippen molar-refractivity contribution in [3.05, 3.63) is 166 Å². The average molecular weight is 715 g/mol. The molecule has 0 radical (unpaired) electrons. The molecule has 258 valence electrons. The molecule has 0 unspecified atom stereocenters.